The molecule has 2 rings (SSSR count). The van der Waals surface area contributed by atoms with Crippen molar-refractivity contribution in [3.8, 4) is 0 Å². The molecule has 104 valence electrons. The average molecular weight is 277 g/mol. The maximum Gasteiger partial charge on any atom is 0.157 e. The van der Waals surface area contributed by atoms with Gasteiger partial charge in [-0.15, -0.1) is 0 Å². The minimum absolute atomic E-state index is 0.582. The summed E-state index contributed by atoms with van der Waals surface area (Å²) >= 11 is 1.84. The van der Waals surface area contributed by atoms with Crippen LogP contribution in [0.5, 0.6) is 0 Å². The number of hydrogen-bond acceptors (Lipinski definition) is 3. The third kappa shape index (κ3) is 4.23. The normalized spacial score (nSPS) is 21.1. The summed E-state index contributed by atoms with van der Waals surface area (Å²) in [6, 6.07) is 4.72. The first-order valence-corrected chi connectivity index (χ1v) is 8.04. The van der Waals surface area contributed by atoms with Crippen LogP contribution in [0.15, 0.2) is 23.3 Å². The molecule has 1 fully saturated rings. The van der Waals surface area contributed by atoms with E-state index in [-0.39, 0.29) is 0 Å². The van der Waals surface area contributed by atoms with E-state index in [0.29, 0.717) is 12.6 Å². The van der Waals surface area contributed by atoms with Crippen molar-refractivity contribution in [1.29, 1.82) is 0 Å². The molecule has 1 aromatic rings. The number of nitrogens with zero attached hydrogens (tertiary/aromatic N) is 2. The zero-order valence-corrected chi connectivity index (χ0v) is 12.8. The first kappa shape index (κ1) is 14.4. The van der Waals surface area contributed by atoms with E-state index in [4.69, 9.17) is 0 Å². The Kier molecular flexibility index (Phi) is 5.25. The van der Waals surface area contributed by atoms with Crippen LogP contribution in [0, 0.1) is 5.92 Å². The van der Waals surface area contributed by atoms with Gasteiger partial charge in [0.25, 0.3) is 0 Å². The fourth-order valence-electron chi connectivity index (χ4n) is 2.31. The van der Waals surface area contributed by atoms with Crippen molar-refractivity contribution in [1.82, 2.24) is 10.3 Å². The standard InChI is InChI=1S/C15H23N3S/c1-4-12-6-5-7-16-14(12)9-17-15-18-13(10-19-15)8-11(2)3/h5-7,11,13H,4,8-10H2,1-3H3,(H,17,18). The van der Waals surface area contributed by atoms with Crippen molar-refractivity contribution in [3.63, 3.8) is 0 Å². The summed E-state index contributed by atoms with van der Waals surface area (Å²) in [5.74, 6) is 1.87. The van der Waals surface area contributed by atoms with Gasteiger partial charge in [0.15, 0.2) is 5.17 Å². The lowest BCUT2D eigenvalue weighted by Gasteiger charge is -2.11. The molecule has 0 amide bonds. The van der Waals surface area contributed by atoms with Crippen molar-refractivity contribution < 1.29 is 0 Å². The van der Waals surface area contributed by atoms with Crippen molar-refractivity contribution in [2.75, 3.05) is 5.75 Å². The second-order valence-corrected chi connectivity index (χ2v) is 6.37. The third-order valence-electron chi connectivity index (χ3n) is 3.24. The molecule has 2 heterocycles. The molecule has 1 aromatic heterocycles. The Morgan fingerprint density at radius 3 is 3.11 bits per heavy atom. The van der Waals surface area contributed by atoms with E-state index in [9.17, 15) is 0 Å². The summed E-state index contributed by atoms with van der Waals surface area (Å²) in [4.78, 5) is 9.10. The predicted octanol–water partition coefficient (Wildman–Crippen LogP) is 3.25. The number of pyridine rings is 1. The summed E-state index contributed by atoms with van der Waals surface area (Å²) in [5, 5.41) is 4.60. The van der Waals surface area contributed by atoms with Gasteiger partial charge in [-0.05, 0) is 30.4 Å². The van der Waals surface area contributed by atoms with E-state index < -0.39 is 0 Å². The quantitative estimate of drug-likeness (QED) is 0.897. The Labute approximate surface area is 120 Å². The van der Waals surface area contributed by atoms with Gasteiger partial charge in [0.05, 0.1) is 12.2 Å². The van der Waals surface area contributed by atoms with Gasteiger partial charge in [-0.3, -0.25) is 9.98 Å². The average Bonchev–Trinajstić information content (AvgIpc) is 2.83. The van der Waals surface area contributed by atoms with E-state index >= 15 is 0 Å². The van der Waals surface area contributed by atoms with Crippen molar-refractivity contribution in [2.45, 2.75) is 46.2 Å². The summed E-state index contributed by atoms with van der Waals surface area (Å²) in [6.45, 7) is 7.38. The summed E-state index contributed by atoms with van der Waals surface area (Å²) < 4.78 is 0. The largest absolute Gasteiger partial charge is 0.361 e. The molecule has 19 heavy (non-hydrogen) atoms. The second kappa shape index (κ2) is 6.94. The van der Waals surface area contributed by atoms with Gasteiger partial charge in [-0.2, -0.15) is 0 Å². The van der Waals surface area contributed by atoms with Crippen molar-refractivity contribution in [3.05, 3.63) is 29.6 Å². The fourth-order valence-corrected chi connectivity index (χ4v) is 3.29. The molecule has 1 atom stereocenters. The topological polar surface area (TPSA) is 37.3 Å². The lowest BCUT2D eigenvalue weighted by molar-refractivity contribution is 0.502. The molecule has 0 aliphatic carbocycles. The minimum Gasteiger partial charge on any atom is -0.361 e. The van der Waals surface area contributed by atoms with Crippen molar-refractivity contribution in [2.24, 2.45) is 10.9 Å². The molecule has 3 nitrogen and oxygen atoms in total. The zero-order valence-electron chi connectivity index (χ0n) is 12.0. The Morgan fingerprint density at radius 2 is 2.37 bits per heavy atom. The van der Waals surface area contributed by atoms with Crippen LogP contribution < -0.4 is 5.32 Å². The maximum atomic E-state index is 4.67. The van der Waals surface area contributed by atoms with E-state index in [1.165, 1.54) is 12.0 Å². The number of amidine groups is 1. The van der Waals surface area contributed by atoms with E-state index in [0.717, 1.165) is 29.0 Å². The Morgan fingerprint density at radius 1 is 1.53 bits per heavy atom. The molecule has 1 unspecified atom stereocenters. The second-order valence-electron chi connectivity index (χ2n) is 5.37. The van der Waals surface area contributed by atoms with Gasteiger partial charge in [0.2, 0.25) is 0 Å². The molecule has 1 aliphatic rings. The lowest BCUT2D eigenvalue weighted by atomic mass is 10.1. The molecule has 1 saturated heterocycles. The highest BCUT2D eigenvalue weighted by atomic mass is 32.2. The molecule has 0 aromatic carbocycles. The van der Waals surface area contributed by atoms with E-state index in [1.807, 2.05) is 24.0 Å². The lowest BCUT2D eigenvalue weighted by Crippen LogP contribution is -2.28. The first-order valence-electron chi connectivity index (χ1n) is 7.05. The Hall–Kier alpha value is -1.03. The molecular weight excluding hydrogens is 254 g/mol. The highest BCUT2D eigenvalue weighted by Gasteiger charge is 2.20. The fraction of sp³-hybridized carbons (Fsp3) is 0.600. The molecule has 0 spiro atoms. The SMILES string of the molecule is CCc1cccnc1CN=C1NC(CC(C)C)CS1. The zero-order chi connectivity index (χ0) is 13.7. The molecule has 0 radical (unpaired) electrons. The third-order valence-corrected chi connectivity index (χ3v) is 4.33. The van der Waals surface area contributed by atoms with E-state index in [1.54, 1.807) is 0 Å². The number of aliphatic imine (C=N–C) groups is 1. The number of rotatable bonds is 5. The van der Waals surface area contributed by atoms with Crippen LogP contribution in [0.25, 0.3) is 0 Å². The predicted molar refractivity (Wildman–Crippen MR) is 83.6 cm³/mol. The number of aromatic nitrogens is 1. The van der Waals surface area contributed by atoms with Gasteiger partial charge in [-0.1, -0.05) is 38.6 Å². The molecular formula is C15H23N3S. The van der Waals surface area contributed by atoms with Crippen LogP contribution >= 0.6 is 11.8 Å². The molecule has 0 saturated carbocycles. The molecule has 1 aliphatic heterocycles. The van der Waals surface area contributed by atoms with E-state index in [2.05, 4.69) is 42.1 Å². The van der Waals surface area contributed by atoms with Gasteiger partial charge >= 0.3 is 0 Å². The molecule has 1 N–H and O–H groups in total. The van der Waals surface area contributed by atoms with Crippen LogP contribution in [-0.2, 0) is 13.0 Å². The Balaban J connectivity index is 1.93. The molecule has 0 bridgehead atoms. The minimum atomic E-state index is 0.582. The Bertz CT molecular complexity index is 443. The summed E-state index contributed by atoms with van der Waals surface area (Å²) in [7, 11) is 0. The van der Waals surface area contributed by atoms with Crippen LogP contribution in [-0.4, -0.2) is 21.9 Å². The monoisotopic (exact) mass is 277 g/mol. The number of hydrogen-bond donors (Lipinski definition) is 1. The number of nitrogens with one attached hydrogen (secondary N) is 1. The van der Waals surface area contributed by atoms with Gasteiger partial charge < -0.3 is 5.32 Å². The summed E-state index contributed by atoms with van der Waals surface area (Å²) in [6.07, 6.45) is 4.09. The molecule has 4 heteroatoms. The highest BCUT2D eigenvalue weighted by molar-refractivity contribution is 8.14. The van der Waals surface area contributed by atoms with Crippen LogP contribution in [0.1, 0.15) is 38.4 Å². The van der Waals surface area contributed by atoms with Crippen LogP contribution in [0.4, 0.5) is 0 Å². The van der Waals surface area contributed by atoms with Crippen molar-refractivity contribution >= 4 is 16.9 Å². The number of aryl methyl sites for hydroxylation is 1. The van der Waals surface area contributed by atoms with Crippen LogP contribution in [0.2, 0.25) is 0 Å². The number of thioether (sulfide) groups is 1. The summed E-state index contributed by atoms with van der Waals surface area (Å²) in [5.41, 5.74) is 2.40. The van der Waals surface area contributed by atoms with Crippen LogP contribution in [0.3, 0.4) is 0 Å². The maximum absolute atomic E-state index is 4.67. The highest BCUT2D eigenvalue weighted by Crippen LogP contribution is 2.19. The first-order chi connectivity index (χ1) is 9.19. The van der Waals surface area contributed by atoms with Gasteiger partial charge in [0.1, 0.15) is 0 Å². The van der Waals surface area contributed by atoms with Gasteiger partial charge in [-0.25, -0.2) is 0 Å². The van der Waals surface area contributed by atoms with Gasteiger partial charge in [0, 0.05) is 18.0 Å². The smallest absolute Gasteiger partial charge is 0.157 e.